The first-order chi connectivity index (χ1) is 7.24. The van der Waals surface area contributed by atoms with Crippen LogP contribution in [0.2, 0.25) is 0 Å². The molecular weight excluding hydrogens is 192 g/mol. The summed E-state index contributed by atoms with van der Waals surface area (Å²) in [4.78, 5) is 11.7. The molecule has 2 rings (SSSR count). The summed E-state index contributed by atoms with van der Waals surface area (Å²) in [6.07, 6.45) is 5.82. The van der Waals surface area contributed by atoms with Crippen LogP contribution in [0.4, 0.5) is 0 Å². The first kappa shape index (κ1) is 10.5. The van der Waals surface area contributed by atoms with E-state index < -0.39 is 0 Å². The Labute approximate surface area is 90.4 Å². The SMILES string of the molecule is CCOC(=O)C1CCC(C)C2C=COC12. The maximum atomic E-state index is 11.7. The number of esters is 1. The van der Waals surface area contributed by atoms with Crippen LogP contribution in [-0.2, 0) is 14.3 Å². The topological polar surface area (TPSA) is 35.5 Å². The second-order valence-corrected chi connectivity index (χ2v) is 4.42. The van der Waals surface area contributed by atoms with Gasteiger partial charge in [-0.3, -0.25) is 4.79 Å². The van der Waals surface area contributed by atoms with E-state index >= 15 is 0 Å². The minimum absolute atomic E-state index is 0.0211. The third-order valence-corrected chi connectivity index (χ3v) is 3.49. The van der Waals surface area contributed by atoms with E-state index in [2.05, 4.69) is 13.0 Å². The Balaban J connectivity index is 2.05. The summed E-state index contributed by atoms with van der Waals surface area (Å²) in [5.74, 6) is 0.844. The molecular formula is C12H18O3. The Morgan fingerprint density at radius 3 is 3.07 bits per heavy atom. The molecule has 0 saturated heterocycles. The van der Waals surface area contributed by atoms with Crippen LogP contribution in [0.15, 0.2) is 12.3 Å². The van der Waals surface area contributed by atoms with E-state index in [1.807, 2.05) is 6.92 Å². The number of hydrogen-bond acceptors (Lipinski definition) is 3. The van der Waals surface area contributed by atoms with E-state index in [4.69, 9.17) is 9.47 Å². The van der Waals surface area contributed by atoms with Crippen LogP contribution in [0, 0.1) is 17.8 Å². The summed E-state index contributed by atoms with van der Waals surface area (Å²) in [7, 11) is 0. The van der Waals surface area contributed by atoms with E-state index in [1.165, 1.54) is 0 Å². The smallest absolute Gasteiger partial charge is 0.312 e. The summed E-state index contributed by atoms with van der Waals surface area (Å²) in [5, 5.41) is 0. The predicted octanol–water partition coefficient (Wildman–Crippen LogP) is 2.12. The molecule has 1 aliphatic heterocycles. The average molecular weight is 210 g/mol. The molecule has 0 amide bonds. The van der Waals surface area contributed by atoms with Gasteiger partial charge in [-0.05, 0) is 31.8 Å². The molecule has 15 heavy (non-hydrogen) atoms. The molecule has 0 aromatic carbocycles. The minimum Gasteiger partial charge on any atom is -0.497 e. The second kappa shape index (κ2) is 4.25. The van der Waals surface area contributed by atoms with Crippen LogP contribution in [0.5, 0.6) is 0 Å². The van der Waals surface area contributed by atoms with Gasteiger partial charge in [-0.1, -0.05) is 6.92 Å². The van der Waals surface area contributed by atoms with Crippen molar-refractivity contribution >= 4 is 5.97 Å². The van der Waals surface area contributed by atoms with Gasteiger partial charge in [0.2, 0.25) is 0 Å². The average Bonchev–Trinajstić information content (AvgIpc) is 2.68. The van der Waals surface area contributed by atoms with Crippen LogP contribution < -0.4 is 0 Å². The number of ether oxygens (including phenoxy) is 2. The third-order valence-electron chi connectivity index (χ3n) is 3.49. The molecule has 0 radical (unpaired) electrons. The highest BCUT2D eigenvalue weighted by Gasteiger charge is 2.43. The normalized spacial score (nSPS) is 38.3. The summed E-state index contributed by atoms with van der Waals surface area (Å²) in [6.45, 7) is 4.52. The zero-order valence-corrected chi connectivity index (χ0v) is 9.31. The molecule has 0 aromatic heterocycles. The van der Waals surface area contributed by atoms with Crippen LogP contribution in [-0.4, -0.2) is 18.7 Å². The summed E-state index contributed by atoms with van der Waals surface area (Å²) in [5.41, 5.74) is 0. The van der Waals surface area contributed by atoms with Crippen LogP contribution in [0.1, 0.15) is 26.7 Å². The standard InChI is InChI=1S/C12H18O3/c1-3-14-12(13)10-5-4-8(2)9-6-7-15-11(9)10/h6-11H,3-5H2,1-2H3. The van der Waals surface area contributed by atoms with E-state index in [9.17, 15) is 4.79 Å². The monoisotopic (exact) mass is 210 g/mol. The predicted molar refractivity (Wildman–Crippen MR) is 56.0 cm³/mol. The molecule has 1 saturated carbocycles. The van der Waals surface area contributed by atoms with Crippen molar-refractivity contribution in [3.05, 3.63) is 12.3 Å². The Morgan fingerprint density at radius 1 is 1.53 bits per heavy atom. The van der Waals surface area contributed by atoms with Gasteiger partial charge in [0.05, 0.1) is 18.8 Å². The number of hydrogen-bond donors (Lipinski definition) is 0. The third kappa shape index (κ3) is 1.87. The molecule has 84 valence electrons. The molecule has 0 aromatic rings. The Hall–Kier alpha value is -0.990. The Bertz CT molecular complexity index is 272. The van der Waals surface area contributed by atoms with E-state index in [1.54, 1.807) is 6.26 Å². The van der Waals surface area contributed by atoms with Crippen LogP contribution in [0.3, 0.4) is 0 Å². The first-order valence-corrected chi connectivity index (χ1v) is 5.72. The van der Waals surface area contributed by atoms with Gasteiger partial charge in [-0.25, -0.2) is 0 Å². The van der Waals surface area contributed by atoms with Gasteiger partial charge < -0.3 is 9.47 Å². The maximum Gasteiger partial charge on any atom is 0.312 e. The molecule has 3 nitrogen and oxygen atoms in total. The Kier molecular flexibility index (Phi) is 2.98. The summed E-state index contributed by atoms with van der Waals surface area (Å²) < 4.78 is 10.6. The fourth-order valence-electron chi connectivity index (χ4n) is 2.60. The maximum absolute atomic E-state index is 11.7. The zero-order chi connectivity index (χ0) is 10.8. The van der Waals surface area contributed by atoms with Crippen molar-refractivity contribution in [3.8, 4) is 0 Å². The molecule has 1 fully saturated rings. The molecule has 3 heteroatoms. The lowest BCUT2D eigenvalue weighted by Crippen LogP contribution is -2.40. The molecule has 4 unspecified atom stereocenters. The lowest BCUT2D eigenvalue weighted by Gasteiger charge is -2.35. The highest BCUT2D eigenvalue weighted by Crippen LogP contribution is 2.40. The van der Waals surface area contributed by atoms with Gasteiger partial charge in [0.15, 0.2) is 0 Å². The molecule has 0 N–H and O–H groups in total. The largest absolute Gasteiger partial charge is 0.497 e. The van der Waals surface area contributed by atoms with Gasteiger partial charge in [0.1, 0.15) is 6.10 Å². The van der Waals surface area contributed by atoms with Crippen LogP contribution >= 0.6 is 0 Å². The number of fused-ring (bicyclic) bond motifs is 1. The van der Waals surface area contributed by atoms with E-state index in [0.29, 0.717) is 18.4 Å². The zero-order valence-electron chi connectivity index (χ0n) is 9.31. The molecule has 0 bridgehead atoms. The van der Waals surface area contributed by atoms with Crippen molar-refractivity contribution in [1.82, 2.24) is 0 Å². The van der Waals surface area contributed by atoms with E-state index in [0.717, 1.165) is 12.8 Å². The van der Waals surface area contributed by atoms with Gasteiger partial charge in [0, 0.05) is 5.92 Å². The van der Waals surface area contributed by atoms with Crippen molar-refractivity contribution in [2.75, 3.05) is 6.61 Å². The molecule has 1 aliphatic carbocycles. The van der Waals surface area contributed by atoms with E-state index in [-0.39, 0.29) is 18.0 Å². The van der Waals surface area contributed by atoms with Crippen molar-refractivity contribution in [2.45, 2.75) is 32.8 Å². The molecule has 2 aliphatic rings. The quantitative estimate of drug-likeness (QED) is 0.655. The van der Waals surface area contributed by atoms with Gasteiger partial charge >= 0.3 is 5.97 Å². The summed E-state index contributed by atoms with van der Waals surface area (Å²) >= 11 is 0. The Morgan fingerprint density at radius 2 is 2.33 bits per heavy atom. The lowest BCUT2D eigenvalue weighted by atomic mass is 9.73. The lowest BCUT2D eigenvalue weighted by molar-refractivity contribution is -0.155. The van der Waals surface area contributed by atoms with Gasteiger partial charge in [-0.2, -0.15) is 0 Å². The molecule has 0 spiro atoms. The summed E-state index contributed by atoms with van der Waals surface area (Å²) in [6, 6.07) is 0. The van der Waals surface area contributed by atoms with Crippen molar-refractivity contribution in [1.29, 1.82) is 0 Å². The highest BCUT2D eigenvalue weighted by atomic mass is 16.5. The van der Waals surface area contributed by atoms with Gasteiger partial charge in [0.25, 0.3) is 0 Å². The number of carbonyl (C=O) groups excluding carboxylic acids is 1. The minimum atomic E-state index is -0.0944. The number of rotatable bonds is 2. The fraction of sp³-hybridized carbons (Fsp3) is 0.750. The highest BCUT2D eigenvalue weighted by molar-refractivity contribution is 5.73. The molecule has 4 atom stereocenters. The second-order valence-electron chi connectivity index (χ2n) is 4.42. The molecule has 1 heterocycles. The van der Waals surface area contributed by atoms with Crippen molar-refractivity contribution in [3.63, 3.8) is 0 Å². The first-order valence-electron chi connectivity index (χ1n) is 5.72. The van der Waals surface area contributed by atoms with Crippen molar-refractivity contribution < 1.29 is 14.3 Å². The van der Waals surface area contributed by atoms with Crippen molar-refractivity contribution in [2.24, 2.45) is 17.8 Å². The fourth-order valence-corrected chi connectivity index (χ4v) is 2.60. The van der Waals surface area contributed by atoms with Crippen LogP contribution in [0.25, 0.3) is 0 Å². The van der Waals surface area contributed by atoms with Gasteiger partial charge in [-0.15, -0.1) is 0 Å². The number of carbonyl (C=O) groups is 1.